The van der Waals surface area contributed by atoms with Gasteiger partial charge < -0.3 is 4.90 Å². The molecule has 3 nitrogen and oxygen atoms in total. The van der Waals surface area contributed by atoms with Crippen LogP contribution in [0.25, 0.3) is 0 Å². The van der Waals surface area contributed by atoms with E-state index in [1.54, 1.807) is 0 Å². The molecule has 0 aliphatic carbocycles. The summed E-state index contributed by atoms with van der Waals surface area (Å²) in [6.07, 6.45) is 3.71. The fraction of sp³-hybridized carbons (Fsp3) is 0.692. The van der Waals surface area contributed by atoms with Crippen LogP contribution < -0.4 is 4.90 Å². The van der Waals surface area contributed by atoms with Crippen LogP contribution in [0.2, 0.25) is 5.28 Å². The van der Waals surface area contributed by atoms with Crippen LogP contribution in [-0.4, -0.2) is 23.1 Å². The lowest BCUT2D eigenvalue weighted by atomic mass is 9.78. The zero-order valence-corrected chi connectivity index (χ0v) is 11.6. The quantitative estimate of drug-likeness (QED) is 0.756. The molecule has 94 valence electrons. The highest BCUT2D eigenvalue weighted by molar-refractivity contribution is 6.28. The number of nitrogens with zero attached hydrogens (tertiary/aromatic N) is 3. The molecule has 1 aliphatic heterocycles. The zero-order chi connectivity index (χ0) is 12.5. The van der Waals surface area contributed by atoms with E-state index >= 15 is 0 Å². The van der Waals surface area contributed by atoms with Gasteiger partial charge in [-0.15, -0.1) is 0 Å². The van der Waals surface area contributed by atoms with Crippen LogP contribution in [0.3, 0.4) is 0 Å². The van der Waals surface area contributed by atoms with Crippen LogP contribution in [-0.2, 0) is 0 Å². The van der Waals surface area contributed by atoms with Crippen LogP contribution in [0, 0.1) is 12.3 Å². The van der Waals surface area contributed by atoms with Gasteiger partial charge in [-0.2, -0.15) is 0 Å². The summed E-state index contributed by atoms with van der Waals surface area (Å²) < 4.78 is 0. The number of hydrogen-bond donors (Lipinski definition) is 0. The summed E-state index contributed by atoms with van der Waals surface area (Å²) in [5.41, 5.74) is 1.44. The highest BCUT2D eigenvalue weighted by Gasteiger charge is 2.28. The minimum Gasteiger partial charge on any atom is -0.356 e. The van der Waals surface area contributed by atoms with Crippen molar-refractivity contribution in [3.8, 4) is 0 Å². The molecule has 0 spiro atoms. The van der Waals surface area contributed by atoms with Gasteiger partial charge in [0.1, 0.15) is 5.82 Å². The first-order valence-electron chi connectivity index (χ1n) is 6.28. The normalized spacial score (nSPS) is 19.4. The number of aromatic nitrogens is 2. The van der Waals surface area contributed by atoms with Crippen LogP contribution in [0.15, 0.2) is 6.07 Å². The van der Waals surface area contributed by atoms with Crippen molar-refractivity contribution in [2.45, 2.75) is 40.0 Å². The Kier molecular flexibility index (Phi) is 3.57. The second kappa shape index (κ2) is 4.81. The predicted molar refractivity (Wildman–Crippen MR) is 71.6 cm³/mol. The van der Waals surface area contributed by atoms with Gasteiger partial charge in [-0.05, 0) is 36.8 Å². The van der Waals surface area contributed by atoms with Gasteiger partial charge in [0, 0.05) is 24.8 Å². The monoisotopic (exact) mass is 253 g/mol. The third-order valence-electron chi connectivity index (χ3n) is 3.96. The Labute approximate surface area is 108 Å². The number of halogens is 1. The average molecular weight is 254 g/mol. The summed E-state index contributed by atoms with van der Waals surface area (Å²) in [5, 5.41) is 0.351. The molecule has 0 atom stereocenters. The molecular formula is C13H20ClN3. The van der Waals surface area contributed by atoms with Gasteiger partial charge >= 0.3 is 0 Å². The van der Waals surface area contributed by atoms with Gasteiger partial charge in [-0.1, -0.05) is 20.3 Å². The smallest absolute Gasteiger partial charge is 0.224 e. The van der Waals surface area contributed by atoms with Crippen molar-refractivity contribution in [2.75, 3.05) is 18.0 Å². The lowest BCUT2D eigenvalue weighted by Gasteiger charge is -2.39. The molecule has 1 fully saturated rings. The van der Waals surface area contributed by atoms with Gasteiger partial charge in [-0.25, -0.2) is 9.97 Å². The molecule has 1 aromatic heterocycles. The van der Waals surface area contributed by atoms with E-state index < -0.39 is 0 Å². The number of anilines is 1. The van der Waals surface area contributed by atoms with E-state index in [-0.39, 0.29) is 0 Å². The fourth-order valence-electron chi connectivity index (χ4n) is 2.31. The maximum Gasteiger partial charge on any atom is 0.224 e. The van der Waals surface area contributed by atoms with Crippen LogP contribution >= 0.6 is 11.6 Å². The first kappa shape index (κ1) is 12.6. The van der Waals surface area contributed by atoms with Crippen molar-refractivity contribution in [1.82, 2.24) is 9.97 Å². The number of piperidine rings is 1. The van der Waals surface area contributed by atoms with E-state index in [1.165, 1.54) is 19.3 Å². The van der Waals surface area contributed by atoms with Gasteiger partial charge in [-0.3, -0.25) is 0 Å². The molecule has 1 aliphatic rings. The molecule has 0 amide bonds. The highest BCUT2D eigenvalue weighted by atomic mass is 35.5. The van der Waals surface area contributed by atoms with E-state index in [9.17, 15) is 0 Å². The minimum absolute atomic E-state index is 0.351. The number of hydrogen-bond acceptors (Lipinski definition) is 3. The lowest BCUT2D eigenvalue weighted by molar-refractivity contribution is 0.238. The highest BCUT2D eigenvalue weighted by Crippen LogP contribution is 2.35. The Morgan fingerprint density at radius 1 is 1.35 bits per heavy atom. The summed E-state index contributed by atoms with van der Waals surface area (Å²) in [6.45, 7) is 8.75. The van der Waals surface area contributed by atoms with Crippen molar-refractivity contribution >= 4 is 17.4 Å². The van der Waals surface area contributed by atoms with Crippen molar-refractivity contribution in [3.63, 3.8) is 0 Å². The lowest BCUT2D eigenvalue weighted by Crippen LogP contribution is -2.38. The van der Waals surface area contributed by atoms with Crippen LogP contribution in [0.5, 0.6) is 0 Å². The molecule has 1 saturated heterocycles. The predicted octanol–water partition coefficient (Wildman–Crippen LogP) is 3.45. The first-order valence-corrected chi connectivity index (χ1v) is 6.66. The fourth-order valence-corrected chi connectivity index (χ4v) is 2.53. The molecule has 0 radical (unpaired) electrons. The molecule has 2 rings (SSSR count). The standard InChI is InChI=1S/C13H20ClN3/c1-4-13(3)5-7-17(8-6-13)11-9-10(2)15-12(14)16-11/h9H,4-8H2,1-3H3. The van der Waals surface area contributed by atoms with E-state index in [0.29, 0.717) is 10.7 Å². The zero-order valence-electron chi connectivity index (χ0n) is 10.8. The third kappa shape index (κ3) is 2.89. The van der Waals surface area contributed by atoms with Crippen molar-refractivity contribution in [2.24, 2.45) is 5.41 Å². The second-order valence-corrected chi connectivity index (χ2v) is 5.63. The van der Waals surface area contributed by atoms with Crippen LogP contribution in [0.1, 0.15) is 38.8 Å². The molecule has 2 heterocycles. The van der Waals surface area contributed by atoms with Crippen molar-refractivity contribution in [3.05, 3.63) is 17.0 Å². The average Bonchev–Trinajstić information content (AvgIpc) is 2.29. The Bertz CT molecular complexity index is 377. The Hall–Kier alpha value is -0.830. The van der Waals surface area contributed by atoms with E-state index in [4.69, 9.17) is 11.6 Å². The summed E-state index contributed by atoms with van der Waals surface area (Å²) in [7, 11) is 0. The Morgan fingerprint density at radius 2 is 2.00 bits per heavy atom. The molecule has 0 N–H and O–H groups in total. The Morgan fingerprint density at radius 3 is 2.53 bits per heavy atom. The maximum absolute atomic E-state index is 5.90. The maximum atomic E-state index is 5.90. The molecule has 17 heavy (non-hydrogen) atoms. The van der Waals surface area contributed by atoms with Crippen molar-refractivity contribution < 1.29 is 0 Å². The summed E-state index contributed by atoms with van der Waals surface area (Å²) >= 11 is 5.90. The molecule has 4 heteroatoms. The third-order valence-corrected chi connectivity index (χ3v) is 4.13. The van der Waals surface area contributed by atoms with E-state index in [1.807, 2.05) is 13.0 Å². The van der Waals surface area contributed by atoms with Gasteiger partial charge in [0.2, 0.25) is 5.28 Å². The summed E-state index contributed by atoms with van der Waals surface area (Å²) in [5.74, 6) is 0.973. The molecule has 0 saturated carbocycles. The van der Waals surface area contributed by atoms with Crippen molar-refractivity contribution in [1.29, 1.82) is 0 Å². The SMILES string of the molecule is CCC1(C)CCN(c2cc(C)nc(Cl)n2)CC1. The second-order valence-electron chi connectivity index (χ2n) is 5.29. The van der Waals surface area contributed by atoms with E-state index in [2.05, 4.69) is 28.7 Å². The van der Waals surface area contributed by atoms with Gasteiger partial charge in [0.05, 0.1) is 0 Å². The minimum atomic E-state index is 0.351. The summed E-state index contributed by atoms with van der Waals surface area (Å²) in [4.78, 5) is 10.7. The Balaban J connectivity index is 2.10. The topological polar surface area (TPSA) is 29.0 Å². The van der Waals surface area contributed by atoms with Gasteiger partial charge in [0.15, 0.2) is 0 Å². The molecule has 0 unspecified atom stereocenters. The largest absolute Gasteiger partial charge is 0.356 e. The molecular weight excluding hydrogens is 234 g/mol. The number of aryl methyl sites for hydroxylation is 1. The molecule has 1 aromatic rings. The van der Waals surface area contributed by atoms with Gasteiger partial charge in [0.25, 0.3) is 0 Å². The summed E-state index contributed by atoms with van der Waals surface area (Å²) in [6, 6.07) is 2.01. The first-order chi connectivity index (χ1) is 8.02. The molecule has 0 aromatic carbocycles. The molecule has 0 bridgehead atoms. The number of rotatable bonds is 2. The van der Waals surface area contributed by atoms with E-state index in [0.717, 1.165) is 24.6 Å². The van der Waals surface area contributed by atoms with Crippen LogP contribution in [0.4, 0.5) is 5.82 Å².